The highest BCUT2D eigenvalue weighted by Gasteiger charge is 2.09. The van der Waals surface area contributed by atoms with Crippen molar-refractivity contribution in [2.24, 2.45) is 0 Å². The summed E-state index contributed by atoms with van der Waals surface area (Å²) in [6, 6.07) is 8.01. The largest absolute Gasteiger partial charge is 0.478 e. The Morgan fingerprint density at radius 2 is 1.89 bits per heavy atom. The highest BCUT2D eigenvalue weighted by molar-refractivity contribution is 5.89. The molecular formula is C13H13N3O3. The lowest BCUT2D eigenvalue weighted by molar-refractivity contribution is -0.114. The Hall–Kier alpha value is -2.63. The van der Waals surface area contributed by atoms with Gasteiger partial charge in [0.2, 0.25) is 5.91 Å². The predicted octanol–water partition coefficient (Wildman–Crippen LogP) is 1.84. The number of nitrogens with zero attached hydrogens (tertiary/aromatic N) is 2. The fraction of sp³-hybridized carbons (Fsp3) is 0.154. The first-order chi connectivity index (χ1) is 8.97. The van der Waals surface area contributed by atoms with Gasteiger partial charge in [-0.1, -0.05) is 0 Å². The highest BCUT2D eigenvalue weighted by Crippen LogP contribution is 2.17. The summed E-state index contributed by atoms with van der Waals surface area (Å²) in [5.74, 6) is -0.623. The Morgan fingerprint density at radius 1 is 1.26 bits per heavy atom. The molecule has 0 unspecified atom stereocenters. The first-order valence-corrected chi connectivity index (χ1v) is 5.65. The van der Waals surface area contributed by atoms with E-state index in [4.69, 9.17) is 5.11 Å². The zero-order valence-electron chi connectivity index (χ0n) is 10.5. The molecule has 2 rings (SSSR count). The number of carboxylic acids is 1. The number of carbonyl (C=O) groups is 2. The Balaban J connectivity index is 2.40. The van der Waals surface area contributed by atoms with Crippen molar-refractivity contribution >= 4 is 17.7 Å². The van der Waals surface area contributed by atoms with E-state index in [-0.39, 0.29) is 11.5 Å². The minimum Gasteiger partial charge on any atom is -0.478 e. The van der Waals surface area contributed by atoms with Crippen LogP contribution >= 0.6 is 0 Å². The van der Waals surface area contributed by atoms with Gasteiger partial charge in [-0.15, -0.1) is 0 Å². The van der Waals surface area contributed by atoms with Gasteiger partial charge in [-0.25, -0.2) is 9.48 Å². The van der Waals surface area contributed by atoms with E-state index in [1.165, 1.54) is 19.1 Å². The fourth-order valence-electron chi connectivity index (χ4n) is 1.71. The molecule has 6 heteroatoms. The number of benzene rings is 1. The van der Waals surface area contributed by atoms with Crippen LogP contribution in [0.5, 0.6) is 0 Å². The molecule has 0 bridgehead atoms. The molecule has 0 aliphatic heterocycles. The Labute approximate surface area is 109 Å². The molecule has 19 heavy (non-hydrogen) atoms. The number of rotatable bonds is 3. The highest BCUT2D eigenvalue weighted by atomic mass is 16.4. The maximum absolute atomic E-state index is 11.1. The zero-order chi connectivity index (χ0) is 14.0. The second kappa shape index (κ2) is 4.93. The zero-order valence-corrected chi connectivity index (χ0v) is 10.5. The summed E-state index contributed by atoms with van der Waals surface area (Å²) in [4.78, 5) is 21.9. The molecule has 0 radical (unpaired) electrons. The fourth-order valence-corrected chi connectivity index (χ4v) is 1.71. The van der Waals surface area contributed by atoms with Crippen LogP contribution in [0.4, 0.5) is 5.82 Å². The maximum Gasteiger partial charge on any atom is 0.335 e. The first kappa shape index (κ1) is 12.8. The number of nitrogens with one attached hydrogen (secondary N) is 1. The van der Waals surface area contributed by atoms with E-state index in [2.05, 4.69) is 10.4 Å². The average molecular weight is 259 g/mol. The topological polar surface area (TPSA) is 84.2 Å². The summed E-state index contributed by atoms with van der Waals surface area (Å²) in [5.41, 5.74) is 1.64. The molecule has 0 fully saturated rings. The van der Waals surface area contributed by atoms with Crippen LogP contribution < -0.4 is 5.32 Å². The van der Waals surface area contributed by atoms with E-state index in [0.717, 1.165) is 5.69 Å². The van der Waals surface area contributed by atoms with Crippen molar-refractivity contribution in [3.8, 4) is 5.69 Å². The Bertz CT molecular complexity index is 629. The molecular weight excluding hydrogens is 246 g/mol. The monoisotopic (exact) mass is 259 g/mol. The van der Waals surface area contributed by atoms with Crippen LogP contribution in [-0.2, 0) is 4.79 Å². The number of aryl methyl sites for hydroxylation is 1. The second-order valence-corrected chi connectivity index (χ2v) is 4.12. The van der Waals surface area contributed by atoms with Gasteiger partial charge in [0.25, 0.3) is 0 Å². The molecule has 0 aliphatic rings. The predicted molar refractivity (Wildman–Crippen MR) is 69.6 cm³/mol. The standard InChI is InChI=1S/C13H13N3O3/c1-8-7-12(14-9(2)17)16(15-8)11-5-3-10(4-6-11)13(18)19/h3-7H,1-2H3,(H,14,17)(H,18,19). The van der Waals surface area contributed by atoms with Crippen molar-refractivity contribution in [2.45, 2.75) is 13.8 Å². The van der Waals surface area contributed by atoms with Crippen LogP contribution in [0, 0.1) is 6.92 Å². The molecule has 0 saturated carbocycles. The van der Waals surface area contributed by atoms with E-state index >= 15 is 0 Å². The number of carbonyl (C=O) groups excluding carboxylic acids is 1. The molecule has 2 aromatic rings. The number of hydrogen-bond donors (Lipinski definition) is 2. The number of aromatic carboxylic acids is 1. The first-order valence-electron chi connectivity index (χ1n) is 5.65. The molecule has 1 aromatic heterocycles. The molecule has 0 spiro atoms. The summed E-state index contributed by atoms with van der Waals surface area (Å²) >= 11 is 0. The van der Waals surface area contributed by atoms with Gasteiger partial charge < -0.3 is 10.4 Å². The third kappa shape index (κ3) is 2.79. The van der Waals surface area contributed by atoms with Gasteiger partial charge in [0.15, 0.2) is 0 Å². The van der Waals surface area contributed by atoms with Gasteiger partial charge in [0.05, 0.1) is 16.9 Å². The number of aromatic nitrogens is 2. The summed E-state index contributed by atoms with van der Waals surface area (Å²) in [6.45, 7) is 3.23. The summed E-state index contributed by atoms with van der Waals surface area (Å²) in [7, 11) is 0. The summed E-state index contributed by atoms with van der Waals surface area (Å²) in [6.07, 6.45) is 0. The number of hydrogen-bond acceptors (Lipinski definition) is 3. The van der Waals surface area contributed by atoms with Crippen LogP contribution in [-0.4, -0.2) is 26.8 Å². The van der Waals surface area contributed by atoms with Crippen molar-refractivity contribution in [1.82, 2.24) is 9.78 Å². The van der Waals surface area contributed by atoms with Crippen molar-refractivity contribution in [3.63, 3.8) is 0 Å². The lowest BCUT2D eigenvalue weighted by Crippen LogP contribution is -2.11. The average Bonchev–Trinajstić information content (AvgIpc) is 2.69. The van der Waals surface area contributed by atoms with Crippen LogP contribution in [0.25, 0.3) is 5.69 Å². The molecule has 0 saturated heterocycles. The second-order valence-electron chi connectivity index (χ2n) is 4.12. The van der Waals surface area contributed by atoms with Crippen molar-refractivity contribution < 1.29 is 14.7 Å². The number of anilines is 1. The van der Waals surface area contributed by atoms with E-state index < -0.39 is 5.97 Å². The van der Waals surface area contributed by atoms with Gasteiger partial charge in [0.1, 0.15) is 5.82 Å². The van der Waals surface area contributed by atoms with Crippen molar-refractivity contribution in [2.75, 3.05) is 5.32 Å². The van der Waals surface area contributed by atoms with E-state index in [1.807, 2.05) is 6.92 Å². The van der Waals surface area contributed by atoms with Gasteiger partial charge in [-0.05, 0) is 31.2 Å². The molecule has 6 nitrogen and oxygen atoms in total. The lowest BCUT2D eigenvalue weighted by atomic mass is 10.2. The van der Waals surface area contributed by atoms with Crippen LogP contribution in [0.2, 0.25) is 0 Å². The van der Waals surface area contributed by atoms with E-state index in [0.29, 0.717) is 11.5 Å². The quantitative estimate of drug-likeness (QED) is 0.880. The molecule has 1 amide bonds. The SMILES string of the molecule is CC(=O)Nc1cc(C)nn1-c1ccc(C(=O)O)cc1. The van der Waals surface area contributed by atoms with E-state index in [9.17, 15) is 9.59 Å². The smallest absolute Gasteiger partial charge is 0.335 e. The summed E-state index contributed by atoms with van der Waals surface area (Å²) < 4.78 is 1.56. The summed E-state index contributed by atoms with van der Waals surface area (Å²) in [5, 5.41) is 15.8. The maximum atomic E-state index is 11.1. The molecule has 0 atom stereocenters. The minimum atomic E-state index is -0.981. The van der Waals surface area contributed by atoms with Crippen molar-refractivity contribution in [1.29, 1.82) is 0 Å². The van der Waals surface area contributed by atoms with Gasteiger partial charge in [0, 0.05) is 13.0 Å². The normalized spacial score (nSPS) is 10.2. The molecule has 1 aromatic carbocycles. The van der Waals surface area contributed by atoms with E-state index in [1.54, 1.807) is 22.9 Å². The molecule has 2 N–H and O–H groups in total. The Kier molecular flexibility index (Phi) is 3.33. The minimum absolute atomic E-state index is 0.191. The lowest BCUT2D eigenvalue weighted by Gasteiger charge is -2.07. The molecule has 0 aliphatic carbocycles. The Morgan fingerprint density at radius 3 is 2.42 bits per heavy atom. The number of amides is 1. The van der Waals surface area contributed by atoms with Gasteiger partial charge in [-0.3, -0.25) is 4.79 Å². The molecule has 1 heterocycles. The van der Waals surface area contributed by atoms with Crippen LogP contribution in [0.3, 0.4) is 0 Å². The van der Waals surface area contributed by atoms with Crippen LogP contribution in [0.15, 0.2) is 30.3 Å². The molecule has 98 valence electrons. The van der Waals surface area contributed by atoms with Gasteiger partial charge in [-0.2, -0.15) is 5.10 Å². The third-order valence-corrected chi connectivity index (χ3v) is 2.49. The number of carboxylic acid groups (broad SMARTS) is 1. The van der Waals surface area contributed by atoms with Gasteiger partial charge >= 0.3 is 5.97 Å². The van der Waals surface area contributed by atoms with Crippen LogP contribution in [0.1, 0.15) is 23.0 Å². The van der Waals surface area contributed by atoms with Crippen molar-refractivity contribution in [3.05, 3.63) is 41.6 Å². The third-order valence-electron chi connectivity index (χ3n) is 2.49.